The molecular weight excluding hydrogens is 208 g/mol. The molecule has 1 rings (SSSR count). The van der Waals surface area contributed by atoms with E-state index in [-0.39, 0.29) is 18.1 Å². The van der Waals surface area contributed by atoms with Gasteiger partial charge in [0.05, 0.1) is 12.6 Å². The molecule has 2 unspecified atom stereocenters. The highest BCUT2D eigenvalue weighted by atomic mass is 16.5. The molecule has 0 aromatic carbocycles. The maximum Gasteiger partial charge on any atom is 0.249 e. The van der Waals surface area contributed by atoms with Crippen molar-refractivity contribution in [3.05, 3.63) is 0 Å². The minimum absolute atomic E-state index is 0.00646. The van der Waals surface area contributed by atoms with Crippen LogP contribution < -0.4 is 11.1 Å². The Balaban J connectivity index is 2.33. The van der Waals surface area contributed by atoms with Crippen LogP contribution in [0.4, 0.5) is 0 Å². The van der Waals surface area contributed by atoms with Gasteiger partial charge in [0, 0.05) is 13.7 Å². The average molecular weight is 230 g/mol. The summed E-state index contributed by atoms with van der Waals surface area (Å²) in [6.07, 6.45) is 3.37. The van der Waals surface area contributed by atoms with Crippen LogP contribution in [0.3, 0.4) is 0 Å². The Morgan fingerprint density at radius 2 is 2.44 bits per heavy atom. The van der Waals surface area contributed by atoms with Gasteiger partial charge in [-0.3, -0.25) is 4.79 Å². The lowest BCUT2D eigenvalue weighted by molar-refractivity contribution is -0.136. The molecule has 2 atom stereocenters. The smallest absolute Gasteiger partial charge is 0.249 e. The van der Waals surface area contributed by atoms with Crippen LogP contribution in [0.1, 0.15) is 25.7 Å². The number of hydrogen-bond donors (Lipinski definition) is 2. The average Bonchev–Trinajstić information content (AvgIpc) is 2.31. The molecular formula is C11H22N2O3. The SMILES string of the molecule is COCC(CCN)NC(=O)C1CCCCO1. The van der Waals surface area contributed by atoms with Gasteiger partial charge in [-0.15, -0.1) is 0 Å². The molecule has 0 bridgehead atoms. The molecule has 16 heavy (non-hydrogen) atoms. The largest absolute Gasteiger partial charge is 0.383 e. The van der Waals surface area contributed by atoms with Gasteiger partial charge in [0.1, 0.15) is 6.10 Å². The molecule has 0 spiro atoms. The van der Waals surface area contributed by atoms with Crippen molar-refractivity contribution in [3.8, 4) is 0 Å². The Kier molecular flexibility index (Phi) is 6.37. The molecule has 1 amide bonds. The highest BCUT2D eigenvalue weighted by Gasteiger charge is 2.23. The number of carbonyl (C=O) groups excluding carboxylic acids is 1. The van der Waals surface area contributed by atoms with Crippen molar-refractivity contribution in [2.24, 2.45) is 5.73 Å². The second-order valence-electron chi connectivity index (χ2n) is 4.09. The number of carbonyl (C=O) groups is 1. The normalized spacial score (nSPS) is 22.8. The number of ether oxygens (including phenoxy) is 2. The lowest BCUT2D eigenvalue weighted by Crippen LogP contribution is -2.46. The van der Waals surface area contributed by atoms with Crippen molar-refractivity contribution in [3.63, 3.8) is 0 Å². The maximum atomic E-state index is 11.8. The van der Waals surface area contributed by atoms with Gasteiger partial charge in [-0.1, -0.05) is 0 Å². The molecule has 0 radical (unpaired) electrons. The summed E-state index contributed by atoms with van der Waals surface area (Å²) in [6, 6.07) is -0.00646. The minimum Gasteiger partial charge on any atom is -0.383 e. The zero-order valence-electron chi connectivity index (χ0n) is 9.91. The zero-order chi connectivity index (χ0) is 11.8. The van der Waals surface area contributed by atoms with E-state index in [1.807, 2.05) is 0 Å². The predicted molar refractivity (Wildman–Crippen MR) is 61.1 cm³/mol. The van der Waals surface area contributed by atoms with Gasteiger partial charge in [-0.05, 0) is 32.2 Å². The van der Waals surface area contributed by atoms with E-state index in [1.165, 1.54) is 0 Å². The van der Waals surface area contributed by atoms with E-state index in [1.54, 1.807) is 7.11 Å². The van der Waals surface area contributed by atoms with Crippen LogP contribution >= 0.6 is 0 Å². The number of nitrogens with two attached hydrogens (primary N) is 1. The fraction of sp³-hybridized carbons (Fsp3) is 0.909. The fourth-order valence-electron chi connectivity index (χ4n) is 1.84. The van der Waals surface area contributed by atoms with Gasteiger partial charge in [0.2, 0.25) is 5.91 Å². The van der Waals surface area contributed by atoms with Gasteiger partial charge >= 0.3 is 0 Å². The van der Waals surface area contributed by atoms with Crippen LogP contribution in [0.25, 0.3) is 0 Å². The Labute approximate surface area is 96.7 Å². The topological polar surface area (TPSA) is 73.6 Å². The highest BCUT2D eigenvalue weighted by molar-refractivity contribution is 5.81. The van der Waals surface area contributed by atoms with Gasteiger partial charge in [0.25, 0.3) is 0 Å². The molecule has 1 heterocycles. The summed E-state index contributed by atoms with van der Waals surface area (Å²) in [5.41, 5.74) is 5.48. The Morgan fingerprint density at radius 3 is 3.00 bits per heavy atom. The van der Waals surface area contributed by atoms with Crippen molar-refractivity contribution in [2.75, 3.05) is 26.9 Å². The molecule has 0 aromatic rings. The third kappa shape index (κ3) is 4.47. The zero-order valence-corrected chi connectivity index (χ0v) is 9.91. The summed E-state index contributed by atoms with van der Waals surface area (Å²) < 4.78 is 10.4. The molecule has 0 saturated carbocycles. The van der Waals surface area contributed by atoms with Gasteiger partial charge in [-0.2, -0.15) is 0 Å². The van der Waals surface area contributed by atoms with Crippen molar-refractivity contribution >= 4 is 5.91 Å². The van der Waals surface area contributed by atoms with E-state index in [0.29, 0.717) is 19.8 Å². The van der Waals surface area contributed by atoms with Gasteiger partial charge in [-0.25, -0.2) is 0 Å². The first kappa shape index (κ1) is 13.4. The first-order valence-electron chi connectivity index (χ1n) is 5.89. The molecule has 0 aromatic heterocycles. The predicted octanol–water partition coefficient (Wildman–Crippen LogP) is 0.0355. The quantitative estimate of drug-likeness (QED) is 0.675. The van der Waals surface area contributed by atoms with E-state index in [4.69, 9.17) is 15.2 Å². The van der Waals surface area contributed by atoms with Crippen molar-refractivity contribution in [1.29, 1.82) is 0 Å². The third-order valence-electron chi connectivity index (χ3n) is 2.70. The molecule has 3 N–H and O–H groups in total. The van der Waals surface area contributed by atoms with Crippen LogP contribution in [0, 0.1) is 0 Å². The van der Waals surface area contributed by atoms with Gasteiger partial charge in [0.15, 0.2) is 0 Å². The van der Waals surface area contributed by atoms with Crippen LogP contribution in [-0.2, 0) is 14.3 Å². The van der Waals surface area contributed by atoms with Crippen molar-refractivity contribution in [2.45, 2.75) is 37.8 Å². The number of nitrogens with one attached hydrogen (secondary N) is 1. The number of methoxy groups -OCH3 is 1. The molecule has 0 aliphatic carbocycles. The molecule has 5 heteroatoms. The molecule has 1 saturated heterocycles. The van der Waals surface area contributed by atoms with E-state index >= 15 is 0 Å². The standard InChI is InChI=1S/C11H22N2O3/c1-15-8-9(5-6-12)13-11(14)10-4-2-3-7-16-10/h9-10H,2-8,12H2,1H3,(H,13,14). The fourth-order valence-corrected chi connectivity index (χ4v) is 1.84. The van der Waals surface area contributed by atoms with E-state index in [0.717, 1.165) is 25.7 Å². The van der Waals surface area contributed by atoms with Gasteiger partial charge < -0.3 is 20.5 Å². The van der Waals surface area contributed by atoms with Crippen LogP contribution in [0.2, 0.25) is 0 Å². The summed E-state index contributed by atoms with van der Waals surface area (Å²) in [6.45, 7) is 1.72. The monoisotopic (exact) mass is 230 g/mol. The molecule has 1 aliphatic rings. The lowest BCUT2D eigenvalue weighted by Gasteiger charge is -2.24. The summed E-state index contributed by atoms with van der Waals surface area (Å²) in [5, 5.41) is 2.92. The molecule has 5 nitrogen and oxygen atoms in total. The summed E-state index contributed by atoms with van der Waals surface area (Å²) in [4.78, 5) is 11.8. The minimum atomic E-state index is -0.286. The highest BCUT2D eigenvalue weighted by Crippen LogP contribution is 2.12. The third-order valence-corrected chi connectivity index (χ3v) is 2.70. The second-order valence-corrected chi connectivity index (χ2v) is 4.09. The van der Waals surface area contributed by atoms with Crippen molar-refractivity contribution in [1.82, 2.24) is 5.32 Å². The van der Waals surface area contributed by atoms with E-state index in [2.05, 4.69) is 5.32 Å². The number of hydrogen-bond acceptors (Lipinski definition) is 4. The van der Waals surface area contributed by atoms with Crippen molar-refractivity contribution < 1.29 is 14.3 Å². The maximum absolute atomic E-state index is 11.8. The Bertz CT molecular complexity index is 199. The van der Waals surface area contributed by atoms with Crippen LogP contribution in [0.15, 0.2) is 0 Å². The number of rotatable bonds is 6. The summed E-state index contributed by atoms with van der Waals surface area (Å²) in [7, 11) is 1.62. The molecule has 1 aliphatic heterocycles. The second kappa shape index (κ2) is 7.60. The first-order chi connectivity index (χ1) is 7.77. The Morgan fingerprint density at radius 1 is 1.62 bits per heavy atom. The van der Waals surface area contributed by atoms with E-state index < -0.39 is 0 Å². The summed E-state index contributed by atoms with van der Waals surface area (Å²) in [5.74, 6) is -0.0322. The van der Waals surface area contributed by atoms with E-state index in [9.17, 15) is 4.79 Å². The van der Waals surface area contributed by atoms with Crippen LogP contribution in [0.5, 0.6) is 0 Å². The lowest BCUT2D eigenvalue weighted by atomic mass is 10.1. The molecule has 1 fully saturated rings. The molecule has 94 valence electrons. The number of amides is 1. The Hall–Kier alpha value is -0.650. The first-order valence-corrected chi connectivity index (χ1v) is 5.89. The summed E-state index contributed by atoms with van der Waals surface area (Å²) >= 11 is 0. The van der Waals surface area contributed by atoms with Crippen LogP contribution in [-0.4, -0.2) is 44.9 Å².